The molecule has 1 rings (SSSR count). The van der Waals surface area contributed by atoms with E-state index in [1.165, 1.54) is 0 Å². The van der Waals surface area contributed by atoms with Crippen LogP contribution in [0.15, 0.2) is 0 Å². The number of hydrogen-bond acceptors (Lipinski definition) is 3. The van der Waals surface area contributed by atoms with Crippen molar-refractivity contribution in [2.24, 2.45) is 17.6 Å². The summed E-state index contributed by atoms with van der Waals surface area (Å²) < 4.78 is 5.01. The molecule has 0 saturated heterocycles. The van der Waals surface area contributed by atoms with E-state index in [2.05, 4.69) is 6.92 Å². The van der Waals surface area contributed by atoms with E-state index in [0.29, 0.717) is 12.5 Å². The number of esters is 1. The Labute approximate surface area is 86.0 Å². The van der Waals surface area contributed by atoms with Crippen LogP contribution in [0.3, 0.4) is 0 Å². The molecule has 3 nitrogen and oxygen atoms in total. The van der Waals surface area contributed by atoms with Gasteiger partial charge in [0.2, 0.25) is 0 Å². The molecular weight excluding hydrogens is 178 g/mol. The first-order valence-corrected chi connectivity index (χ1v) is 5.57. The molecule has 0 aromatic heterocycles. The van der Waals surface area contributed by atoms with E-state index >= 15 is 0 Å². The predicted molar refractivity (Wildman–Crippen MR) is 55.7 cm³/mol. The van der Waals surface area contributed by atoms with Gasteiger partial charge in [-0.05, 0) is 45.4 Å². The lowest BCUT2D eigenvalue weighted by atomic mass is 9.79. The van der Waals surface area contributed by atoms with Crippen molar-refractivity contribution in [3.05, 3.63) is 0 Å². The van der Waals surface area contributed by atoms with Gasteiger partial charge < -0.3 is 10.5 Å². The molecule has 0 aliphatic heterocycles. The van der Waals surface area contributed by atoms with Crippen molar-refractivity contribution < 1.29 is 9.53 Å². The fourth-order valence-electron chi connectivity index (χ4n) is 2.14. The maximum Gasteiger partial charge on any atom is 0.308 e. The molecule has 14 heavy (non-hydrogen) atoms. The van der Waals surface area contributed by atoms with Crippen LogP contribution in [0.25, 0.3) is 0 Å². The SMILES string of the molecule is CCOC(=O)[C@H]1CC[C@H](C(C)N)CC1. The van der Waals surface area contributed by atoms with Crippen LogP contribution in [-0.4, -0.2) is 18.6 Å². The Morgan fingerprint density at radius 3 is 2.43 bits per heavy atom. The lowest BCUT2D eigenvalue weighted by molar-refractivity contribution is -0.149. The second-order valence-electron chi connectivity index (χ2n) is 4.22. The van der Waals surface area contributed by atoms with E-state index in [4.69, 9.17) is 10.5 Å². The molecule has 82 valence electrons. The zero-order valence-corrected chi connectivity index (χ0v) is 9.16. The minimum atomic E-state index is -0.0179. The van der Waals surface area contributed by atoms with Gasteiger partial charge >= 0.3 is 5.97 Å². The minimum absolute atomic E-state index is 0.0179. The van der Waals surface area contributed by atoms with E-state index in [1.54, 1.807) is 0 Å². The smallest absolute Gasteiger partial charge is 0.308 e. The van der Waals surface area contributed by atoms with Crippen LogP contribution in [0.2, 0.25) is 0 Å². The van der Waals surface area contributed by atoms with Gasteiger partial charge in [-0.25, -0.2) is 0 Å². The highest BCUT2D eigenvalue weighted by Gasteiger charge is 2.28. The number of ether oxygens (including phenoxy) is 1. The third-order valence-corrected chi connectivity index (χ3v) is 3.14. The zero-order valence-electron chi connectivity index (χ0n) is 9.16. The molecule has 3 heteroatoms. The van der Waals surface area contributed by atoms with E-state index in [9.17, 15) is 4.79 Å². The van der Waals surface area contributed by atoms with Gasteiger partial charge in [0.15, 0.2) is 0 Å². The molecule has 0 aromatic rings. The summed E-state index contributed by atoms with van der Waals surface area (Å²) in [6.45, 7) is 4.40. The predicted octanol–water partition coefficient (Wildman–Crippen LogP) is 1.70. The van der Waals surface area contributed by atoms with Crippen molar-refractivity contribution in [3.63, 3.8) is 0 Å². The van der Waals surface area contributed by atoms with E-state index in [1.807, 2.05) is 6.92 Å². The Balaban J connectivity index is 2.31. The second kappa shape index (κ2) is 5.35. The van der Waals surface area contributed by atoms with Gasteiger partial charge in [-0.1, -0.05) is 0 Å². The summed E-state index contributed by atoms with van der Waals surface area (Å²) in [6.07, 6.45) is 4.04. The first kappa shape index (κ1) is 11.5. The third-order valence-electron chi connectivity index (χ3n) is 3.14. The minimum Gasteiger partial charge on any atom is -0.466 e. The summed E-state index contributed by atoms with van der Waals surface area (Å²) in [5.74, 6) is 0.709. The Hall–Kier alpha value is -0.570. The number of carbonyl (C=O) groups excluding carboxylic acids is 1. The van der Waals surface area contributed by atoms with Crippen LogP contribution in [0.4, 0.5) is 0 Å². The number of nitrogens with two attached hydrogens (primary N) is 1. The van der Waals surface area contributed by atoms with Gasteiger partial charge in [0.05, 0.1) is 12.5 Å². The fourth-order valence-corrected chi connectivity index (χ4v) is 2.14. The highest BCUT2D eigenvalue weighted by molar-refractivity contribution is 5.72. The molecule has 0 amide bonds. The van der Waals surface area contributed by atoms with Crippen LogP contribution >= 0.6 is 0 Å². The lowest BCUT2D eigenvalue weighted by Gasteiger charge is -2.29. The van der Waals surface area contributed by atoms with Gasteiger partial charge in [-0.3, -0.25) is 4.79 Å². The van der Waals surface area contributed by atoms with Crippen LogP contribution < -0.4 is 5.73 Å². The van der Waals surface area contributed by atoms with E-state index in [0.717, 1.165) is 25.7 Å². The van der Waals surface area contributed by atoms with E-state index < -0.39 is 0 Å². The maximum atomic E-state index is 11.4. The van der Waals surface area contributed by atoms with Gasteiger partial charge in [-0.15, -0.1) is 0 Å². The molecular formula is C11H21NO2. The Morgan fingerprint density at radius 1 is 1.43 bits per heavy atom. The summed E-state index contributed by atoms with van der Waals surface area (Å²) in [5, 5.41) is 0. The highest BCUT2D eigenvalue weighted by Crippen LogP contribution is 2.30. The first-order valence-electron chi connectivity index (χ1n) is 5.57. The maximum absolute atomic E-state index is 11.4. The molecule has 0 radical (unpaired) electrons. The summed E-state index contributed by atoms with van der Waals surface area (Å²) >= 11 is 0. The molecule has 0 heterocycles. The van der Waals surface area contributed by atoms with Crippen LogP contribution in [0, 0.1) is 11.8 Å². The standard InChI is InChI=1S/C11H21NO2/c1-3-14-11(13)10-6-4-9(5-7-10)8(2)12/h8-10H,3-7,12H2,1-2H3/t8?,9-,10-. The van der Waals surface area contributed by atoms with Crippen LogP contribution in [-0.2, 0) is 9.53 Å². The molecule has 1 saturated carbocycles. The quantitative estimate of drug-likeness (QED) is 0.704. The monoisotopic (exact) mass is 199 g/mol. The molecule has 1 fully saturated rings. The molecule has 1 unspecified atom stereocenters. The number of rotatable bonds is 3. The van der Waals surface area contributed by atoms with Crippen molar-refractivity contribution >= 4 is 5.97 Å². The third kappa shape index (κ3) is 2.98. The Kier molecular flexibility index (Phi) is 4.39. The molecule has 0 spiro atoms. The average Bonchev–Trinajstić information content (AvgIpc) is 2.18. The van der Waals surface area contributed by atoms with Crippen molar-refractivity contribution in [3.8, 4) is 0 Å². The summed E-state index contributed by atoms with van der Waals surface area (Å²) in [7, 11) is 0. The zero-order chi connectivity index (χ0) is 10.6. The number of hydrogen-bond donors (Lipinski definition) is 1. The summed E-state index contributed by atoms with van der Waals surface area (Å²) in [4.78, 5) is 11.4. The van der Waals surface area contributed by atoms with Gasteiger partial charge in [0, 0.05) is 6.04 Å². The summed E-state index contributed by atoms with van der Waals surface area (Å²) in [6, 6.07) is 0.262. The van der Waals surface area contributed by atoms with Crippen LogP contribution in [0.5, 0.6) is 0 Å². The number of carbonyl (C=O) groups is 1. The van der Waals surface area contributed by atoms with Crippen LogP contribution in [0.1, 0.15) is 39.5 Å². The fraction of sp³-hybridized carbons (Fsp3) is 0.909. The van der Waals surface area contributed by atoms with Crippen molar-refractivity contribution in [2.75, 3.05) is 6.61 Å². The van der Waals surface area contributed by atoms with E-state index in [-0.39, 0.29) is 17.9 Å². The Morgan fingerprint density at radius 2 is 2.00 bits per heavy atom. The largest absolute Gasteiger partial charge is 0.466 e. The van der Waals surface area contributed by atoms with Gasteiger partial charge in [-0.2, -0.15) is 0 Å². The molecule has 1 aliphatic carbocycles. The van der Waals surface area contributed by atoms with Gasteiger partial charge in [0.1, 0.15) is 0 Å². The van der Waals surface area contributed by atoms with Gasteiger partial charge in [0.25, 0.3) is 0 Å². The molecule has 0 bridgehead atoms. The normalized spacial score (nSPS) is 29.6. The molecule has 1 atom stereocenters. The molecule has 0 aromatic carbocycles. The van der Waals surface area contributed by atoms with Crippen molar-refractivity contribution in [1.29, 1.82) is 0 Å². The van der Waals surface area contributed by atoms with Crippen molar-refractivity contribution in [1.82, 2.24) is 0 Å². The first-order chi connectivity index (χ1) is 6.65. The highest BCUT2D eigenvalue weighted by atomic mass is 16.5. The average molecular weight is 199 g/mol. The summed E-state index contributed by atoms with van der Waals surface area (Å²) in [5.41, 5.74) is 5.83. The molecule has 1 aliphatic rings. The topological polar surface area (TPSA) is 52.3 Å². The second-order valence-corrected chi connectivity index (χ2v) is 4.22. The Bertz CT molecular complexity index is 184. The van der Waals surface area contributed by atoms with Crippen molar-refractivity contribution in [2.45, 2.75) is 45.6 Å². The molecule has 2 N–H and O–H groups in total. The lowest BCUT2D eigenvalue weighted by Crippen LogP contribution is -2.32.